The Labute approximate surface area is 97.4 Å². The van der Waals surface area contributed by atoms with E-state index in [4.69, 9.17) is 0 Å². The van der Waals surface area contributed by atoms with E-state index in [1.54, 1.807) is 23.2 Å². The van der Waals surface area contributed by atoms with Crippen molar-refractivity contribution in [2.45, 2.75) is 6.92 Å². The van der Waals surface area contributed by atoms with Crippen LogP contribution in [0.1, 0.15) is 5.56 Å². The van der Waals surface area contributed by atoms with Gasteiger partial charge in [-0.2, -0.15) is 0 Å². The van der Waals surface area contributed by atoms with Gasteiger partial charge in [-0.1, -0.05) is 6.07 Å². The summed E-state index contributed by atoms with van der Waals surface area (Å²) in [5.74, 6) is 0.202. The third-order valence-corrected chi connectivity index (χ3v) is 2.60. The maximum absolute atomic E-state index is 9.87. The fourth-order valence-corrected chi connectivity index (χ4v) is 1.77. The Hall–Kier alpha value is -2.43. The number of fused-ring (bicyclic) bond motifs is 1. The number of nitrogens with zero attached hydrogens (tertiary/aromatic N) is 4. The van der Waals surface area contributed by atoms with E-state index < -0.39 is 0 Å². The van der Waals surface area contributed by atoms with Gasteiger partial charge in [-0.25, -0.2) is 15.0 Å². The summed E-state index contributed by atoms with van der Waals surface area (Å²) in [4.78, 5) is 12.3. The Bertz CT molecular complexity index is 690. The molecule has 0 saturated heterocycles. The Morgan fingerprint density at radius 2 is 2.12 bits per heavy atom. The average molecular weight is 226 g/mol. The van der Waals surface area contributed by atoms with Crippen LogP contribution in [0.5, 0.6) is 5.75 Å². The fourth-order valence-electron chi connectivity index (χ4n) is 1.77. The number of phenolic OH excluding ortho intramolecular Hbond substituents is 1. The van der Waals surface area contributed by atoms with Crippen LogP contribution in [0.4, 0.5) is 0 Å². The molecule has 5 heteroatoms. The standard InChI is InChI=1S/C12H10N4O/c1-8-2-3-11(17)10(4-8)16-7-15-9-5-13-6-14-12(9)16/h2-7,17H,1H3. The summed E-state index contributed by atoms with van der Waals surface area (Å²) in [6, 6.07) is 5.41. The molecule has 0 saturated carbocycles. The van der Waals surface area contributed by atoms with Gasteiger partial charge in [0.15, 0.2) is 5.65 Å². The molecule has 2 aromatic heterocycles. The number of aromatic nitrogens is 4. The second-order valence-electron chi connectivity index (χ2n) is 3.84. The quantitative estimate of drug-likeness (QED) is 0.687. The van der Waals surface area contributed by atoms with Crippen molar-refractivity contribution in [1.82, 2.24) is 19.5 Å². The van der Waals surface area contributed by atoms with Crippen molar-refractivity contribution >= 4 is 11.2 Å². The van der Waals surface area contributed by atoms with Gasteiger partial charge >= 0.3 is 0 Å². The first-order valence-corrected chi connectivity index (χ1v) is 5.19. The predicted molar refractivity (Wildman–Crippen MR) is 63.1 cm³/mol. The van der Waals surface area contributed by atoms with Gasteiger partial charge < -0.3 is 5.11 Å². The van der Waals surface area contributed by atoms with Crippen molar-refractivity contribution < 1.29 is 5.11 Å². The zero-order valence-electron chi connectivity index (χ0n) is 9.20. The second kappa shape index (κ2) is 3.55. The fraction of sp³-hybridized carbons (Fsp3) is 0.0833. The molecule has 84 valence electrons. The monoisotopic (exact) mass is 226 g/mol. The molecule has 1 aromatic carbocycles. The van der Waals surface area contributed by atoms with Gasteiger partial charge in [-0.05, 0) is 24.6 Å². The first kappa shape index (κ1) is 9.77. The van der Waals surface area contributed by atoms with Crippen LogP contribution in [0.2, 0.25) is 0 Å². The van der Waals surface area contributed by atoms with Gasteiger partial charge in [0.1, 0.15) is 23.9 Å². The summed E-state index contributed by atoms with van der Waals surface area (Å²) in [5, 5.41) is 9.87. The highest BCUT2D eigenvalue weighted by Crippen LogP contribution is 2.25. The van der Waals surface area contributed by atoms with E-state index in [2.05, 4.69) is 15.0 Å². The summed E-state index contributed by atoms with van der Waals surface area (Å²) in [6.07, 6.45) is 4.74. The van der Waals surface area contributed by atoms with Gasteiger partial charge in [0, 0.05) is 0 Å². The molecule has 5 nitrogen and oxygen atoms in total. The zero-order valence-corrected chi connectivity index (χ0v) is 9.20. The highest BCUT2D eigenvalue weighted by atomic mass is 16.3. The third kappa shape index (κ3) is 1.52. The molecular weight excluding hydrogens is 216 g/mol. The maximum Gasteiger partial charge on any atom is 0.167 e. The molecule has 0 bridgehead atoms. The van der Waals surface area contributed by atoms with Crippen molar-refractivity contribution in [3.8, 4) is 11.4 Å². The largest absolute Gasteiger partial charge is 0.506 e. The van der Waals surface area contributed by atoms with Gasteiger partial charge in [-0.3, -0.25) is 4.57 Å². The van der Waals surface area contributed by atoms with E-state index in [1.165, 1.54) is 6.33 Å². The van der Waals surface area contributed by atoms with Crippen LogP contribution < -0.4 is 0 Å². The molecule has 0 fully saturated rings. The molecule has 17 heavy (non-hydrogen) atoms. The van der Waals surface area contributed by atoms with Crippen LogP contribution in [0, 0.1) is 6.92 Å². The summed E-state index contributed by atoms with van der Waals surface area (Å²) in [5.41, 5.74) is 3.12. The Kier molecular flexibility index (Phi) is 2.04. The molecule has 0 aliphatic carbocycles. The van der Waals surface area contributed by atoms with Crippen molar-refractivity contribution in [2.24, 2.45) is 0 Å². The number of hydrogen-bond acceptors (Lipinski definition) is 4. The zero-order chi connectivity index (χ0) is 11.8. The summed E-state index contributed by atoms with van der Waals surface area (Å²) >= 11 is 0. The van der Waals surface area contributed by atoms with E-state index in [1.807, 2.05) is 19.1 Å². The lowest BCUT2D eigenvalue weighted by Gasteiger charge is -2.06. The molecule has 0 amide bonds. The lowest BCUT2D eigenvalue weighted by atomic mass is 10.2. The molecule has 0 aliphatic heterocycles. The van der Waals surface area contributed by atoms with Crippen LogP contribution in [-0.2, 0) is 0 Å². The highest BCUT2D eigenvalue weighted by molar-refractivity contribution is 5.72. The first-order chi connectivity index (χ1) is 8.25. The van der Waals surface area contributed by atoms with Crippen LogP contribution in [-0.4, -0.2) is 24.6 Å². The molecule has 0 radical (unpaired) electrons. The molecule has 0 unspecified atom stereocenters. The van der Waals surface area contributed by atoms with Gasteiger partial charge in [-0.15, -0.1) is 0 Å². The topological polar surface area (TPSA) is 63.8 Å². The van der Waals surface area contributed by atoms with E-state index in [0.717, 1.165) is 5.56 Å². The summed E-state index contributed by atoms with van der Waals surface area (Å²) in [7, 11) is 0. The second-order valence-corrected chi connectivity index (χ2v) is 3.84. The van der Waals surface area contributed by atoms with Gasteiger partial charge in [0.05, 0.1) is 11.9 Å². The minimum absolute atomic E-state index is 0.202. The minimum atomic E-state index is 0.202. The molecule has 3 rings (SSSR count). The summed E-state index contributed by atoms with van der Waals surface area (Å²) in [6.45, 7) is 1.97. The van der Waals surface area contributed by atoms with Gasteiger partial charge in [0.25, 0.3) is 0 Å². The number of phenols is 1. The SMILES string of the molecule is Cc1ccc(O)c(-n2cnc3cncnc32)c1. The van der Waals surface area contributed by atoms with Crippen molar-refractivity contribution in [2.75, 3.05) is 0 Å². The van der Waals surface area contributed by atoms with Gasteiger partial charge in [0.2, 0.25) is 0 Å². The smallest absolute Gasteiger partial charge is 0.167 e. The van der Waals surface area contributed by atoms with Crippen molar-refractivity contribution in [3.63, 3.8) is 0 Å². The maximum atomic E-state index is 9.87. The van der Waals surface area contributed by atoms with E-state index in [-0.39, 0.29) is 5.75 Å². The number of hydrogen-bond donors (Lipinski definition) is 1. The summed E-state index contributed by atoms with van der Waals surface area (Å²) < 4.78 is 1.75. The Morgan fingerprint density at radius 1 is 1.24 bits per heavy atom. The van der Waals surface area contributed by atoms with Crippen LogP contribution in [0.25, 0.3) is 16.9 Å². The molecule has 0 aliphatic rings. The average Bonchev–Trinajstić information content (AvgIpc) is 2.76. The highest BCUT2D eigenvalue weighted by Gasteiger charge is 2.09. The molecule has 3 aromatic rings. The van der Waals surface area contributed by atoms with E-state index >= 15 is 0 Å². The van der Waals surface area contributed by atoms with E-state index in [9.17, 15) is 5.11 Å². The van der Waals surface area contributed by atoms with E-state index in [0.29, 0.717) is 16.9 Å². The molecule has 1 N–H and O–H groups in total. The number of rotatable bonds is 1. The minimum Gasteiger partial charge on any atom is -0.506 e. The number of imidazole rings is 1. The molecule has 0 atom stereocenters. The Balaban J connectivity index is 2.31. The normalized spacial score (nSPS) is 10.9. The number of aryl methyl sites for hydroxylation is 1. The van der Waals surface area contributed by atoms with Crippen LogP contribution in [0.3, 0.4) is 0 Å². The third-order valence-electron chi connectivity index (χ3n) is 2.60. The van der Waals surface area contributed by atoms with Crippen LogP contribution >= 0.6 is 0 Å². The van der Waals surface area contributed by atoms with Crippen molar-refractivity contribution in [3.05, 3.63) is 42.6 Å². The molecule has 2 heterocycles. The number of aromatic hydroxyl groups is 1. The Morgan fingerprint density at radius 3 is 3.00 bits per heavy atom. The lowest BCUT2D eigenvalue weighted by Crippen LogP contribution is -1.95. The lowest BCUT2D eigenvalue weighted by molar-refractivity contribution is 0.472. The number of benzene rings is 1. The van der Waals surface area contributed by atoms with Crippen LogP contribution in [0.15, 0.2) is 37.1 Å². The predicted octanol–water partition coefficient (Wildman–Crippen LogP) is 1.83. The molecular formula is C12H10N4O. The first-order valence-electron chi connectivity index (χ1n) is 5.19. The molecule has 0 spiro atoms. The van der Waals surface area contributed by atoms with Crippen molar-refractivity contribution in [1.29, 1.82) is 0 Å².